The zero-order valence-electron chi connectivity index (χ0n) is 12.7. The summed E-state index contributed by atoms with van der Waals surface area (Å²) in [6, 6.07) is 0. The molecule has 118 valence electrons. The SMILES string of the molecule is CC(C)c1nc(CN2CCC(OCCC(=O)O)CC2)cs1. The number of thiazole rings is 1. The van der Waals surface area contributed by atoms with Gasteiger partial charge in [0.05, 0.1) is 29.8 Å². The first kappa shape index (κ1) is 16.4. The molecule has 21 heavy (non-hydrogen) atoms. The van der Waals surface area contributed by atoms with Crippen LogP contribution in [0.5, 0.6) is 0 Å². The van der Waals surface area contributed by atoms with Crippen molar-refractivity contribution in [2.45, 2.75) is 51.7 Å². The zero-order valence-corrected chi connectivity index (χ0v) is 13.6. The topological polar surface area (TPSA) is 62.7 Å². The Morgan fingerprint density at radius 2 is 2.24 bits per heavy atom. The largest absolute Gasteiger partial charge is 0.481 e. The lowest BCUT2D eigenvalue weighted by molar-refractivity contribution is -0.138. The number of nitrogens with zero attached hydrogens (tertiary/aromatic N) is 2. The van der Waals surface area contributed by atoms with Crippen LogP contribution in [0.1, 0.15) is 49.7 Å². The van der Waals surface area contributed by atoms with E-state index in [2.05, 4.69) is 29.1 Å². The number of ether oxygens (including phenoxy) is 1. The molecule has 2 heterocycles. The first-order valence-electron chi connectivity index (χ1n) is 7.54. The molecule has 1 aromatic rings. The van der Waals surface area contributed by atoms with Crippen molar-refractivity contribution in [3.05, 3.63) is 16.1 Å². The molecular formula is C15H24N2O3S. The van der Waals surface area contributed by atoms with Crippen LogP contribution in [0.25, 0.3) is 0 Å². The van der Waals surface area contributed by atoms with Crippen molar-refractivity contribution in [3.8, 4) is 0 Å². The number of carboxylic acids is 1. The summed E-state index contributed by atoms with van der Waals surface area (Å²) < 4.78 is 5.61. The first-order valence-corrected chi connectivity index (χ1v) is 8.42. The van der Waals surface area contributed by atoms with Gasteiger partial charge in [-0.3, -0.25) is 9.69 Å². The van der Waals surface area contributed by atoms with Crippen LogP contribution in [-0.4, -0.2) is 46.8 Å². The molecule has 5 nitrogen and oxygen atoms in total. The molecule has 0 aliphatic carbocycles. The van der Waals surface area contributed by atoms with Gasteiger partial charge in [-0.25, -0.2) is 4.98 Å². The van der Waals surface area contributed by atoms with Crippen LogP contribution < -0.4 is 0 Å². The number of hydrogen-bond acceptors (Lipinski definition) is 5. The van der Waals surface area contributed by atoms with Crippen LogP contribution in [0, 0.1) is 0 Å². The van der Waals surface area contributed by atoms with Crippen LogP contribution in [-0.2, 0) is 16.1 Å². The highest BCUT2D eigenvalue weighted by Gasteiger charge is 2.20. The Kier molecular flexibility index (Phi) is 6.14. The Bertz CT molecular complexity index is 454. The second-order valence-electron chi connectivity index (χ2n) is 5.82. The van der Waals surface area contributed by atoms with Crippen LogP contribution in [0.4, 0.5) is 0 Å². The Morgan fingerprint density at radius 3 is 2.81 bits per heavy atom. The van der Waals surface area contributed by atoms with Gasteiger partial charge >= 0.3 is 5.97 Å². The minimum absolute atomic E-state index is 0.0943. The van der Waals surface area contributed by atoms with Gasteiger partial charge in [0.25, 0.3) is 0 Å². The molecule has 0 spiro atoms. The fraction of sp³-hybridized carbons (Fsp3) is 0.733. The van der Waals surface area contributed by atoms with E-state index in [9.17, 15) is 4.79 Å². The van der Waals surface area contributed by atoms with Gasteiger partial charge in [0.1, 0.15) is 0 Å². The summed E-state index contributed by atoms with van der Waals surface area (Å²) in [6.07, 6.45) is 2.25. The smallest absolute Gasteiger partial charge is 0.305 e. The molecule has 1 aliphatic heterocycles. The molecular weight excluding hydrogens is 288 g/mol. The number of rotatable bonds is 7. The number of carbonyl (C=O) groups is 1. The molecule has 0 amide bonds. The summed E-state index contributed by atoms with van der Waals surface area (Å²) in [4.78, 5) is 17.5. The van der Waals surface area contributed by atoms with Crippen LogP contribution in [0.15, 0.2) is 5.38 Å². The lowest BCUT2D eigenvalue weighted by atomic mass is 10.1. The maximum Gasteiger partial charge on any atom is 0.305 e. The quantitative estimate of drug-likeness (QED) is 0.839. The van der Waals surface area contributed by atoms with Crippen LogP contribution in [0.2, 0.25) is 0 Å². The summed E-state index contributed by atoms with van der Waals surface area (Å²) in [5.74, 6) is -0.297. The third kappa shape index (κ3) is 5.37. The van der Waals surface area contributed by atoms with Crippen molar-refractivity contribution < 1.29 is 14.6 Å². The molecule has 1 N–H and O–H groups in total. The zero-order chi connectivity index (χ0) is 15.2. The Labute approximate surface area is 129 Å². The molecule has 2 rings (SSSR count). The highest BCUT2D eigenvalue weighted by molar-refractivity contribution is 7.09. The van der Waals surface area contributed by atoms with E-state index in [0.717, 1.165) is 38.2 Å². The molecule has 6 heteroatoms. The summed E-state index contributed by atoms with van der Waals surface area (Å²) >= 11 is 1.74. The maximum absolute atomic E-state index is 10.5. The van der Waals surface area contributed by atoms with E-state index in [1.807, 2.05) is 0 Å². The fourth-order valence-corrected chi connectivity index (χ4v) is 3.26. The molecule has 0 aromatic carbocycles. The molecule has 0 saturated carbocycles. The monoisotopic (exact) mass is 312 g/mol. The number of aliphatic carboxylic acids is 1. The highest BCUT2D eigenvalue weighted by atomic mass is 32.1. The van der Waals surface area contributed by atoms with E-state index in [4.69, 9.17) is 9.84 Å². The molecule has 1 saturated heterocycles. The van der Waals surface area contributed by atoms with Crippen molar-refractivity contribution >= 4 is 17.3 Å². The molecule has 0 atom stereocenters. The molecule has 1 aliphatic rings. The van der Waals surface area contributed by atoms with E-state index in [-0.39, 0.29) is 12.5 Å². The van der Waals surface area contributed by atoms with E-state index in [1.54, 1.807) is 11.3 Å². The van der Waals surface area contributed by atoms with Crippen molar-refractivity contribution in [3.63, 3.8) is 0 Å². The van der Waals surface area contributed by atoms with Crippen LogP contribution >= 0.6 is 11.3 Å². The van der Waals surface area contributed by atoms with Crippen LogP contribution in [0.3, 0.4) is 0 Å². The Hall–Kier alpha value is -0.980. The van der Waals surface area contributed by atoms with Crippen molar-refractivity contribution in [2.75, 3.05) is 19.7 Å². The molecule has 0 unspecified atom stereocenters. The van der Waals surface area contributed by atoms with Crippen molar-refractivity contribution in [1.29, 1.82) is 0 Å². The lowest BCUT2D eigenvalue weighted by Crippen LogP contribution is -2.36. The first-order chi connectivity index (χ1) is 10.0. The second kappa shape index (κ2) is 7.87. The average molecular weight is 312 g/mol. The molecule has 0 bridgehead atoms. The van der Waals surface area contributed by atoms with Gasteiger partial charge in [0, 0.05) is 30.9 Å². The number of likely N-dealkylation sites (tertiary alicyclic amines) is 1. The normalized spacial score (nSPS) is 17.5. The van der Waals surface area contributed by atoms with Gasteiger partial charge in [-0.2, -0.15) is 0 Å². The number of piperidine rings is 1. The van der Waals surface area contributed by atoms with Gasteiger partial charge in [-0.1, -0.05) is 13.8 Å². The predicted molar refractivity (Wildman–Crippen MR) is 82.7 cm³/mol. The third-order valence-corrected chi connectivity index (χ3v) is 4.85. The standard InChI is InChI=1S/C15H24N2O3S/c1-11(2)15-16-12(10-21-15)9-17-6-3-13(4-7-17)20-8-5-14(18)19/h10-11,13H,3-9H2,1-2H3,(H,18,19). The van der Waals surface area contributed by atoms with E-state index < -0.39 is 5.97 Å². The Morgan fingerprint density at radius 1 is 1.52 bits per heavy atom. The van der Waals surface area contributed by atoms with Gasteiger partial charge in [0.15, 0.2) is 0 Å². The fourth-order valence-electron chi connectivity index (χ4n) is 2.44. The summed E-state index contributed by atoms with van der Waals surface area (Å²) in [6.45, 7) is 7.55. The second-order valence-corrected chi connectivity index (χ2v) is 6.71. The number of carboxylic acid groups (broad SMARTS) is 1. The van der Waals surface area contributed by atoms with Gasteiger partial charge < -0.3 is 9.84 Å². The van der Waals surface area contributed by atoms with Crippen molar-refractivity contribution in [2.24, 2.45) is 0 Å². The van der Waals surface area contributed by atoms with Gasteiger partial charge in [-0.05, 0) is 12.8 Å². The average Bonchev–Trinajstić information content (AvgIpc) is 2.89. The van der Waals surface area contributed by atoms with Gasteiger partial charge in [-0.15, -0.1) is 11.3 Å². The molecule has 1 fully saturated rings. The van der Waals surface area contributed by atoms with Crippen molar-refractivity contribution in [1.82, 2.24) is 9.88 Å². The Balaban J connectivity index is 1.69. The van der Waals surface area contributed by atoms with E-state index in [1.165, 1.54) is 5.01 Å². The maximum atomic E-state index is 10.5. The number of aromatic nitrogens is 1. The molecule has 1 aromatic heterocycles. The summed E-state index contributed by atoms with van der Waals surface area (Å²) in [5, 5.41) is 12.0. The minimum Gasteiger partial charge on any atom is -0.481 e. The number of hydrogen-bond donors (Lipinski definition) is 1. The summed E-state index contributed by atoms with van der Waals surface area (Å²) in [7, 11) is 0. The predicted octanol–water partition coefficient (Wildman–Crippen LogP) is 2.72. The van der Waals surface area contributed by atoms with E-state index in [0.29, 0.717) is 12.5 Å². The van der Waals surface area contributed by atoms with E-state index >= 15 is 0 Å². The molecule has 0 radical (unpaired) electrons. The third-order valence-electron chi connectivity index (χ3n) is 3.65. The minimum atomic E-state index is -0.795. The highest BCUT2D eigenvalue weighted by Crippen LogP contribution is 2.21. The lowest BCUT2D eigenvalue weighted by Gasteiger charge is -2.31. The van der Waals surface area contributed by atoms with Gasteiger partial charge in [0.2, 0.25) is 0 Å². The summed E-state index contributed by atoms with van der Waals surface area (Å²) in [5.41, 5.74) is 1.16.